The molecule has 1 atom stereocenters. The van der Waals surface area contributed by atoms with Gasteiger partial charge in [-0.25, -0.2) is 9.97 Å². The highest BCUT2D eigenvalue weighted by Crippen LogP contribution is 2.28. The van der Waals surface area contributed by atoms with E-state index < -0.39 is 0 Å². The molecule has 0 bridgehead atoms. The molecule has 0 saturated heterocycles. The van der Waals surface area contributed by atoms with Crippen molar-refractivity contribution >= 4 is 23.0 Å². The van der Waals surface area contributed by atoms with Crippen LogP contribution in [0.3, 0.4) is 0 Å². The van der Waals surface area contributed by atoms with Gasteiger partial charge in [0.25, 0.3) is 0 Å². The van der Waals surface area contributed by atoms with Crippen molar-refractivity contribution in [3.63, 3.8) is 0 Å². The predicted octanol–water partition coefficient (Wildman–Crippen LogP) is 4.54. The second-order valence-corrected chi connectivity index (χ2v) is 5.94. The summed E-state index contributed by atoms with van der Waals surface area (Å²) in [5.41, 5.74) is 10.2. The molecule has 0 aliphatic rings. The number of hydrogen-bond acceptors (Lipinski definition) is 5. The molecule has 128 valence electrons. The molecule has 1 heterocycles. The lowest BCUT2D eigenvalue weighted by molar-refractivity contribution is 0.873. The molecule has 1 unspecified atom stereocenters. The number of benzene rings is 2. The van der Waals surface area contributed by atoms with Crippen LogP contribution in [0.5, 0.6) is 0 Å². The minimum atomic E-state index is 0.0927. The first kappa shape index (κ1) is 16.8. The van der Waals surface area contributed by atoms with Crippen LogP contribution in [0, 0.1) is 0 Å². The maximum Gasteiger partial charge on any atom is 0.159 e. The van der Waals surface area contributed by atoms with Crippen molar-refractivity contribution in [1.82, 2.24) is 9.97 Å². The lowest BCUT2D eigenvalue weighted by Crippen LogP contribution is -2.11. The molecule has 0 fully saturated rings. The second-order valence-electron chi connectivity index (χ2n) is 5.94. The van der Waals surface area contributed by atoms with E-state index in [4.69, 9.17) is 5.73 Å². The highest BCUT2D eigenvalue weighted by atomic mass is 15.1. The van der Waals surface area contributed by atoms with E-state index in [1.165, 1.54) is 17.5 Å². The number of rotatable bonds is 6. The van der Waals surface area contributed by atoms with E-state index in [2.05, 4.69) is 58.7 Å². The molecule has 25 heavy (non-hydrogen) atoms. The largest absolute Gasteiger partial charge is 0.393 e. The Morgan fingerprint density at radius 2 is 1.64 bits per heavy atom. The Morgan fingerprint density at radius 3 is 2.32 bits per heavy atom. The zero-order valence-electron chi connectivity index (χ0n) is 14.5. The van der Waals surface area contributed by atoms with Gasteiger partial charge in [-0.1, -0.05) is 49.4 Å². The summed E-state index contributed by atoms with van der Waals surface area (Å²) in [6.45, 7) is 4.21. The van der Waals surface area contributed by atoms with Crippen molar-refractivity contribution in [3.05, 3.63) is 72.1 Å². The Kier molecular flexibility index (Phi) is 5.14. The number of nitrogen functional groups attached to an aromatic ring is 1. The molecule has 0 aliphatic carbocycles. The Balaban J connectivity index is 1.77. The zero-order chi connectivity index (χ0) is 17.6. The predicted molar refractivity (Wildman–Crippen MR) is 104 cm³/mol. The lowest BCUT2D eigenvalue weighted by atomic mass is 10.1. The fourth-order valence-electron chi connectivity index (χ4n) is 2.60. The normalized spacial score (nSPS) is 11.8. The number of aromatic nitrogens is 2. The Morgan fingerprint density at radius 1 is 0.960 bits per heavy atom. The molecular formula is C20H23N5. The van der Waals surface area contributed by atoms with Gasteiger partial charge < -0.3 is 16.4 Å². The smallest absolute Gasteiger partial charge is 0.159 e. The molecule has 2 aromatic carbocycles. The first-order chi connectivity index (χ1) is 12.2. The summed E-state index contributed by atoms with van der Waals surface area (Å²) in [6.07, 6.45) is 2.53. The monoisotopic (exact) mass is 333 g/mol. The number of anilines is 4. The minimum Gasteiger partial charge on any atom is -0.393 e. The molecule has 0 radical (unpaired) electrons. The van der Waals surface area contributed by atoms with E-state index in [-0.39, 0.29) is 6.04 Å². The summed E-state index contributed by atoms with van der Waals surface area (Å²) in [5.74, 6) is 1.22. The number of nitrogens with two attached hydrogens (primary N) is 1. The molecule has 3 rings (SSSR count). The fraction of sp³-hybridized carbons (Fsp3) is 0.200. The maximum absolute atomic E-state index is 6.26. The molecule has 5 nitrogen and oxygen atoms in total. The van der Waals surface area contributed by atoms with Crippen LogP contribution in [0.2, 0.25) is 0 Å². The van der Waals surface area contributed by atoms with Gasteiger partial charge in [0.1, 0.15) is 12.0 Å². The lowest BCUT2D eigenvalue weighted by Gasteiger charge is -2.17. The Hall–Kier alpha value is -3.08. The van der Waals surface area contributed by atoms with Crippen LogP contribution in [0.15, 0.2) is 60.9 Å². The SMILES string of the molecule is CCc1ccc(Nc2ncnc(NC(C)c3ccccc3)c2N)cc1. The van der Waals surface area contributed by atoms with E-state index in [0.717, 1.165) is 12.1 Å². The first-order valence-corrected chi connectivity index (χ1v) is 8.45. The van der Waals surface area contributed by atoms with Crippen LogP contribution in [0.4, 0.5) is 23.0 Å². The fourth-order valence-corrected chi connectivity index (χ4v) is 2.60. The summed E-state index contributed by atoms with van der Waals surface area (Å²) in [6, 6.07) is 18.5. The summed E-state index contributed by atoms with van der Waals surface area (Å²) in [5, 5.41) is 6.62. The summed E-state index contributed by atoms with van der Waals surface area (Å²) in [7, 11) is 0. The Bertz CT molecular complexity index is 815. The van der Waals surface area contributed by atoms with Gasteiger partial charge in [0, 0.05) is 5.69 Å². The third-order valence-corrected chi connectivity index (χ3v) is 4.16. The number of nitrogens with one attached hydrogen (secondary N) is 2. The average Bonchev–Trinajstić information content (AvgIpc) is 2.66. The minimum absolute atomic E-state index is 0.0927. The van der Waals surface area contributed by atoms with Crippen LogP contribution < -0.4 is 16.4 Å². The van der Waals surface area contributed by atoms with Crippen LogP contribution in [0.25, 0.3) is 0 Å². The van der Waals surface area contributed by atoms with Crippen LogP contribution in [-0.2, 0) is 6.42 Å². The topological polar surface area (TPSA) is 75.9 Å². The summed E-state index contributed by atoms with van der Waals surface area (Å²) < 4.78 is 0. The van der Waals surface area contributed by atoms with E-state index in [9.17, 15) is 0 Å². The van der Waals surface area contributed by atoms with E-state index in [1.807, 2.05) is 30.3 Å². The van der Waals surface area contributed by atoms with Crippen molar-refractivity contribution in [1.29, 1.82) is 0 Å². The standard InChI is InChI=1S/C20H23N5/c1-3-15-9-11-17(12-10-15)25-20-18(21)19(22-13-23-20)24-14(2)16-7-5-4-6-8-16/h4-14H,3,21H2,1-2H3,(H2,22,23,24,25). The molecule has 0 saturated carbocycles. The van der Waals surface area contributed by atoms with Crippen molar-refractivity contribution in [2.24, 2.45) is 0 Å². The van der Waals surface area contributed by atoms with Gasteiger partial charge in [0.15, 0.2) is 11.6 Å². The average molecular weight is 333 g/mol. The van der Waals surface area contributed by atoms with Crippen molar-refractivity contribution in [2.75, 3.05) is 16.4 Å². The maximum atomic E-state index is 6.26. The first-order valence-electron chi connectivity index (χ1n) is 8.45. The second kappa shape index (κ2) is 7.66. The van der Waals surface area contributed by atoms with Crippen LogP contribution in [0.1, 0.15) is 31.0 Å². The van der Waals surface area contributed by atoms with Crippen molar-refractivity contribution < 1.29 is 0 Å². The highest BCUT2D eigenvalue weighted by molar-refractivity contribution is 5.77. The zero-order valence-corrected chi connectivity index (χ0v) is 14.5. The van der Waals surface area contributed by atoms with Gasteiger partial charge >= 0.3 is 0 Å². The van der Waals surface area contributed by atoms with Gasteiger partial charge in [-0.2, -0.15) is 0 Å². The van der Waals surface area contributed by atoms with Gasteiger partial charge in [-0.15, -0.1) is 0 Å². The molecular weight excluding hydrogens is 310 g/mol. The number of hydrogen-bond donors (Lipinski definition) is 3. The molecule has 4 N–H and O–H groups in total. The molecule has 0 amide bonds. The number of nitrogens with zero attached hydrogens (tertiary/aromatic N) is 2. The van der Waals surface area contributed by atoms with Gasteiger partial charge in [-0.05, 0) is 36.6 Å². The third-order valence-electron chi connectivity index (χ3n) is 4.16. The quantitative estimate of drug-likeness (QED) is 0.617. The summed E-state index contributed by atoms with van der Waals surface area (Å²) >= 11 is 0. The highest BCUT2D eigenvalue weighted by Gasteiger charge is 2.12. The van der Waals surface area contributed by atoms with E-state index in [1.54, 1.807) is 0 Å². The van der Waals surface area contributed by atoms with E-state index >= 15 is 0 Å². The molecule has 0 aliphatic heterocycles. The molecule has 1 aromatic heterocycles. The summed E-state index contributed by atoms with van der Waals surface area (Å²) in [4.78, 5) is 8.56. The molecule has 5 heteroatoms. The van der Waals surface area contributed by atoms with Gasteiger partial charge in [0.05, 0.1) is 6.04 Å². The van der Waals surface area contributed by atoms with Crippen molar-refractivity contribution in [2.45, 2.75) is 26.3 Å². The third kappa shape index (κ3) is 4.07. The Labute approximate surface area is 148 Å². The van der Waals surface area contributed by atoms with Gasteiger partial charge in [0.2, 0.25) is 0 Å². The number of aryl methyl sites for hydroxylation is 1. The van der Waals surface area contributed by atoms with Crippen molar-refractivity contribution in [3.8, 4) is 0 Å². The van der Waals surface area contributed by atoms with E-state index in [0.29, 0.717) is 17.3 Å². The van der Waals surface area contributed by atoms with Gasteiger partial charge in [-0.3, -0.25) is 0 Å². The molecule has 3 aromatic rings. The van der Waals surface area contributed by atoms with Crippen LogP contribution >= 0.6 is 0 Å². The molecule has 0 spiro atoms. The van der Waals surface area contributed by atoms with Crippen LogP contribution in [-0.4, -0.2) is 9.97 Å².